The number of halogens is 2. The van der Waals surface area contributed by atoms with Gasteiger partial charge in [0.25, 0.3) is 0 Å². The van der Waals surface area contributed by atoms with E-state index in [1.807, 2.05) is 29.1 Å². The molecule has 1 aromatic heterocycles. The Bertz CT molecular complexity index is 882. The standard InChI is InChI=1S/C22H16ClIN2/c23-21-20(24)16-26(25-21)22(17-10-4-1-5-11-17,18-12-6-2-7-13-18)19-14-8-3-9-15-19/h1-16H. The summed E-state index contributed by atoms with van der Waals surface area (Å²) in [7, 11) is 0. The van der Waals surface area contributed by atoms with Gasteiger partial charge in [-0.05, 0) is 39.3 Å². The van der Waals surface area contributed by atoms with Crippen molar-refractivity contribution in [1.29, 1.82) is 0 Å². The second kappa shape index (κ2) is 7.25. The third-order valence-electron chi connectivity index (χ3n) is 4.55. The van der Waals surface area contributed by atoms with Crippen molar-refractivity contribution in [3.05, 3.63) is 123 Å². The number of rotatable bonds is 4. The van der Waals surface area contributed by atoms with Gasteiger partial charge in [-0.15, -0.1) is 0 Å². The number of aromatic nitrogens is 2. The highest BCUT2D eigenvalue weighted by molar-refractivity contribution is 14.1. The molecule has 1 heterocycles. The second-order valence-corrected chi connectivity index (χ2v) is 7.54. The van der Waals surface area contributed by atoms with Crippen LogP contribution in [0.15, 0.2) is 97.2 Å². The lowest BCUT2D eigenvalue weighted by Crippen LogP contribution is -2.38. The molecule has 0 spiro atoms. The van der Waals surface area contributed by atoms with Gasteiger partial charge in [-0.3, -0.25) is 4.68 Å². The van der Waals surface area contributed by atoms with Gasteiger partial charge >= 0.3 is 0 Å². The van der Waals surface area contributed by atoms with Crippen LogP contribution in [0.2, 0.25) is 5.15 Å². The van der Waals surface area contributed by atoms with E-state index in [0.717, 1.165) is 20.3 Å². The molecule has 0 fully saturated rings. The van der Waals surface area contributed by atoms with Crippen LogP contribution in [0.5, 0.6) is 0 Å². The Kier molecular flexibility index (Phi) is 4.83. The molecule has 4 rings (SSSR count). The topological polar surface area (TPSA) is 17.8 Å². The average Bonchev–Trinajstić information content (AvgIpc) is 3.04. The van der Waals surface area contributed by atoms with E-state index in [4.69, 9.17) is 11.6 Å². The highest BCUT2D eigenvalue weighted by atomic mass is 127. The first kappa shape index (κ1) is 17.3. The van der Waals surface area contributed by atoms with Gasteiger partial charge in [0.15, 0.2) is 5.15 Å². The predicted molar refractivity (Wildman–Crippen MR) is 115 cm³/mol. The molecule has 0 aliphatic heterocycles. The zero-order valence-electron chi connectivity index (χ0n) is 13.9. The van der Waals surface area contributed by atoms with Crippen LogP contribution in [-0.2, 0) is 5.54 Å². The zero-order valence-corrected chi connectivity index (χ0v) is 16.8. The number of hydrogen-bond acceptors (Lipinski definition) is 1. The first-order chi connectivity index (χ1) is 12.7. The van der Waals surface area contributed by atoms with Crippen molar-refractivity contribution < 1.29 is 0 Å². The van der Waals surface area contributed by atoms with Crippen LogP contribution >= 0.6 is 34.2 Å². The van der Waals surface area contributed by atoms with E-state index in [1.165, 1.54) is 0 Å². The number of hydrogen-bond donors (Lipinski definition) is 0. The van der Waals surface area contributed by atoms with Crippen LogP contribution in [0.4, 0.5) is 0 Å². The van der Waals surface area contributed by atoms with E-state index in [9.17, 15) is 0 Å². The van der Waals surface area contributed by atoms with Crippen LogP contribution in [0.1, 0.15) is 16.7 Å². The van der Waals surface area contributed by atoms with Gasteiger partial charge in [0.1, 0.15) is 5.54 Å². The van der Waals surface area contributed by atoms with E-state index >= 15 is 0 Å². The molecular formula is C22H16ClIN2. The van der Waals surface area contributed by atoms with Crippen LogP contribution in [-0.4, -0.2) is 9.78 Å². The smallest absolute Gasteiger partial charge is 0.164 e. The van der Waals surface area contributed by atoms with Crippen LogP contribution in [0, 0.1) is 3.57 Å². The maximum atomic E-state index is 6.36. The van der Waals surface area contributed by atoms with Gasteiger partial charge in [0.05, 0.1) is 3.57 Å². The van der Waals surface area contributed by atoms with Gasteiger partial charge in [-0.25, -0.2) is 0 Å². The van der Waals surface area contributed by atoms with Gasteiger partial charge in [-0.2, -0.15) is 5.10 Å². The minimum Gasteiger partial charge on any atom is -0.251 e. The molecule has 3 aromatic carbocycles. The van der Waals surface area contributed by atoms with E-state index in [-0.39, 0.29) is 0 Å². The lowest BCUT2D eigenvalue weighted by Gasteiger charge is -2.36. The Morgan fingerprint density at radius 3 is 1.38 bits per heavy atom. The summed E-state index contributed by atoms with van der Waals surface area (Å²) in [5.41, 5.74) is 2.80. The molecule has 4 aromatic rings. The van der Waals surface area contributed by atoms with Crippen molar-refractivity contribution >= 4 is 34.2 Å². The van der Waals surface area contributed by atoms with Crippen LogP contribution < -0.4 is 0 Å². The Labute approximate surface area is 171 Å². The molecule has 0 N–H and O–H groups in total. The molecule has 0 saturated carbocycles. The molecule has 26 heavy (non-hydrogen) atoms. The molecule has 0 saturated heterocycles. The summed E-state index contributed by atoms with van der Waals surface area (Å²) < 4.78 is 2.91. The van der Waals surface area contributed by atoms with E-state index in [2.05, 4.69) is 100 Å². The molecule has 2 nitrogen and oxygen atoms in total. The molecule has 0 unspecified atom stereocenters. The van der Waals surface area contributed by atoms with Crippen molar-refractivity contribution in [3.8, 4) is 0 Å². The fourth-order valence-corrected chi connectivity index (χ4v) is 3.94. The van der Waals surface area contributed by atoms with Crippen molar-refractivity contribution in [2.24, 2.45) is 0 Å². The Morgan fingerprint density at radius 2 is 1.08 bits per heavy atom. The lowest BCUT2D eigenvalue weighted by atomic mass is 9.77. The third kappa shape index (κ3) is 2.85. The lowest BCUT2D eigenvalue weighted by molar-refractivity contribution is 0.460. The first-order valence-corrected chi connectivity index (χ1v) is 9.76. The van der Waals surface area contributed by atoms with E-state index in [1.54, 1.807) is 0 Å². The molecule has 0 amide bonds. The minimum absolute atomic E-state index is 0.512. The maximum Gasteiger partial charge on any atom is 0.164 e. The van der Waals surface area contributed by atoms with Gasteiger partial charge in [-0.1, -0.05) is 103 Å². The van der Waals surface area contributed by atoms with Crippen LogP contribution in [0.25, 0.3) is 0 Å². The summed E-state index contributed by atoms with van der Waals surface area (Å²) in [5.74, 6) is 0. The summed E-state index contributed by atoms with van der Waals surface area (Å²) in [5, 5.41) is 5.20. The minimum atomic E-state index is -0.600. The predicted octanol–water partition coefficient (Wildman–Crippen LogP) is 5.98. The van der Waals surface area contributed by atoms with Crippen LogP contribution in [0.3, 0.4) is 0 Å². The summed E-state index contributed by atoms with van der Waals surface area (Å²) in [6, 6.07) is 31.3. The highest BCUT2D eigenvalue weighted by Crippen LogP contribution is 2.41. The summed E-state index contributed by atoms with van der Waals surface area (Å²) in [4.78, 5) is 0. The molecule has 0 aliphatic carbocycles. The van der Waals surface area contributed by atoms with Gasteiger partial charge in [0.2, 0.25) is 0 Å². The Balaban J connectivity index is 2.14. The fraction of sp³-hybridized carbons (Fsp3) is 0.0455. The molecular weight excluding hydrogens is 455 g/mol. The fourth-order valence-electron chi connectivity index (χ4n) is 3.44. The summed E-state index contributed by atoms with van der Waals surface area (Å²) in [6.45, 7) is 0. The van der Waals surface area contributed by atoms with Crippen molar-refractivity contribution in [2.75, 3.05) is 0 Å². The van der Waals surface area contributed by atoms with Gasteiger partial charge in [0, 0.05) is 6.20 Å². The van der Waals surface area contributed by atoms with E-state index < -0.39 is 5.54 Å². The van der Waals surface area contributed by atoms with Gasteiger partial charge < -0.3 is 0 Å². The normalized spacial score (nSPS) is 11.5. The first-order valence-electron chi connectivity index (χ1n) is 8.30. The zero-order chi connectivity index (χ0) is 18.0. The Hall–Kier alpha value is -2.11. The molecule has 0 aliphatic rings. The molecule has 128 valence electrons. The quantitative estimate of drug-likeness (QED) is 0.265. The van der Waals surface area contributed by atoms with Crippen molar-refractivity contribution in [2.45, 2.75) is 5.54 Å². The highest BCUT2D eigenvalue weighted by Gasteiger charge is 2.39. The van der Waals surface area contributed by atoms with Crippen molar-refractivity contribution in [3.63, 3.8) is 0 Å². The molecule has 0 atom stereocenters. The summed E-state index contributed by atoms with van der Waals surface area (Å²) in [6.07, 6.45) is 2.01. The number of benzene rings is 3. The monoisotopic (exact) mass is 470 g/mol. The third-order valence-corrected chi connectivity index (χ3v) is 5.93. The average molecular weight is 471 g/mol. The maximum absolute atomic E-state index is 6.36. The van der Waals surface area contributed by atoms with Crippen molar-refractivity contribution in [1.82, 2.24) is 9.78 Å². The summed E-state index contributed by atoms with van der Waals surface area (Å²) >= 11 is 8.59. The molecule has 4 heteroatoms. The second-order valence-electron chi connectivity index (χ2n) is 6.02. The number of nitrogens with zero attached hydrogens (tertiary/aromatic N) is 2. The largest absolute Gasteiger partial charge is 0.251 e. The Morgan fingerprint density at radius 1 is 0.692 bits per heavy atom. The van der Waals surface area contributed by atoms with E-state index in [0.29, 0.717) is 5.15 Å². The molecule has 0 radical (unpaired) electrons. The SMILES string of the molecule is Clc1nn(C(c2ccccc2)(c2ccccc2)c2ccccc2)cc1I. The molecule has 0 bridgehead atoms.